The van der Waals surface area contributed by atoms with E-state index in [0.29, 0.717) is 17.0 Å². The highest BCUT2D eigenvalue weighted by molar-refractivity contribution is 9.09. The molecular formula is C13H17BrF2. The molecule has 16 heavy (non-hydrogen) atoms. The molecule has 0 amide bonds. The van der Waals surface area contributed by atoms with Gasteiger partial charge in [-0.2, -0.15) is 0 Å². The Bertz CT molecular complexity index is 374. The molecular weight excluding hydrogens is 274 g/mol. The fraction of sp³-hybridized carbons (Fsp3) is 0.538. The number of hydrogen-bond donors (Lipinski definition) is 0. The Morgan fingerprint density at radius 3 is 2.12 bits per heavy atom. The minimum atomic E-state index is -0.341. The van der Waals surface area contributed by atoms with Crippen molar-refractivity contribution in [3.8, 4) is 0 Å². The van der Waals surface area contributed by atoms with Crippen molar-refractivity contribution in [2.24, 2.45) is 5.92 Å². The summed E-state index contributed by atoms with van der Waals surface area (Å²) in [5.41, 5.74) is 0.794. The average molecular weight is 291 g/mol. The third kappa shape index (κ3) is 2.82. The van der Waals surface area contributed by atoms with E-state index in [2.05, 4.69) is 29.8 Å². The fourth-order valence-electron chi connectivity index (χ4n) is 1.76. The van der Waals surface area contributed by atoms with Crippen LogP contribution in [0.25, 0.3) is 0 Å². The van der Waals surface area contributed by atoms with Gasteiger partial charge in [-0.15, -0.1) is 0 Å². The third-order valence-electron chi connectivity index (χ3n) is 2.88. The van der Waals surface area contributed by atoms with Gasteiger partial charge in [0, 0.05) is 4.83 Å². The van der Waals surface area contributed by atoms with Crippen molar-refractivity contribution < 1.29 is 8.78 Å². The average Bonchev–Trinajstić information content (AvgIpc) is 2.21. The van der Waals surface area contributed by atoms with E-state index in [4.69, 9.17) is 0 Å². The highest BCUT2D eigenvalue weighted by Crippen LogP contribution is 2.32. The molecule has 0 spiro atoms. The molecule has 0 aliphatic rings. The first kappa shape index (κ1) is 13.6. The molecule has 2 unspecified atom stereocenters. The molecule has 0 aliphatic carbocycles. The quantitative estimate of drug-likeness (QED) is 0.702. The molecule has 0 saturated heterocycles. The summed E-state index contributed by atoms with van der Waals surface area (Å²) in [5, 5.41) is 0. The Balaban J connectivity index is 3.08. The summed E-state index contributed by atoms with van der Waals surface area (Å²) in [5.74, 6) is -0.336. The van der Waals surface area contributed by atoms with Crippen molar-refractivity contribution in [3.05, 3.63) is 34.9 Å². The van der Waals surface area contributed by atoms with E-state index in [1.807, 2.05) is 6.92 Å². The Morgan fingerprint density at radius 1 is 1.06 bits per heavy atom. The summed E-state index contributed by atoms with van der Waals surface area (Å²) >= 11 is 3.53. The number of benzene rings is 1. The number of aryl methyl sites for hydroxylation is 1. The summed E-state index contributed by atoms with van der Waals surface area (Å²) in [7, 11) is 0. The van der Waals surface area contributed by atoms with E-state index in [9.17, 15) is 8.78 Å². The van der Waals surface area contributed by atoms with Crippen LogP contribution in [-0.4, -0.2) is 4.83 Å². The lowest BCUT2D eigenvalue weighted by molar-refractivity contribution is 0.513. The molecule has 1 aromatic carbocycles. The van der Waals surface area contributed by atoms with Gasteiger partial charge in [0.05, 0.1) is 0 Å². The van der Waals surface area contributed by atoms with Crippen LogP contribution in [0.1, 0.15) is 37.8 Å². The van der Waals surface area contributed by atoms with E-state index >= 15 is 0 Å². The normalized spacial score (nSPS) is 15.2. The van der Waals surface area contributed by atoms with Gasteiger partial charge in [0.25, 0.3) is 0 Å². The monoisotopic (exact) mass is 290 g/mol. The zero-order valence-electron chi connectivity index (χ0n) is 10.0. The molecule has 0 saturated carbocycles. The highest BCUT2D eigenvalue weighted by Gasteiger charge is 2.22. The van der Waals surface area contributed by atoms with Gasteiger partial charge in [0.15, 0.2) is 0 Å². The van der Waals surface area contributed by atoms with Gasteiger partial charge in [-0.05, 0) is 42.0 Å². The second-order valence-corrected chi connectivity index (χ2v) is 5.66. The lowest BCUT2D eigenvalue weighted by Crippen LogP contribution is -2.17. The minimum Gasteiger partial charge on any atom is -0.207 e. The van der Waals surface area contributed by atoms with E-state index in [-0.39, 0.29) is 22.4 Å². The second kappa shape index (κ2) is 5.26. The summed E-state index contributed by atoms with van der Waals surface area (Å²) in [6, 6.07) is 2.58. The molecule has 0 aromatic heterocycles. The molecule has 3 heteroatoms. The van der Waals surface area contributed by atoms with Crippen LogP contribution in [0.4, 0.5) is 8.78 Å². The van der Waals surface area contributed by atoms with Crippen LogP contribution in [-0.2, 0) is 0 Å². The number of hydrogen-bond acceptors (Lipinski definition) is 0. The van der Waals surface area contributed by atoms with Gasteiger partial charge >= 0.3 is 0 Å². The Labute approximate surface area is 104 Å². The molecule has 90 valence electrons. The van der Waals surface area contributed by atoms with Gasteiger partial charge in [-0.25, -0.2) is 8.78 Å². The smallest absolute Gasteiger partial charge is 0.127 e. The van der Waals surface area contributed by atoms with Gasteiger partial charge in [-0.1, -0.05) is 36.7 Å². The SMILES string of the molecule is Cc1cc(F)c(C(C)C(Br)C(C)C)cc1F. The van der Waals surface area contributed by atoms with Gasteiger partial charge in [-0.3, -0.25) is 0 Å². The summed E-state index contributed by atoms with van der Waals surface area (Å²) in [6.07, 6.45) is 0. The molecule has 0 bridgehead atoms. The number of halogens is 3. The lowest BCUT2D eigenvalue weighted by atomic mass is 9.91. The number of rotatable bonds is 3. The van der Waals surface area contributed by atoms with Crippen LogP contribution >= 0.6 is 15.9 Å². The lowest BCUT2D eigenvalue weighted by Gasteiger charge is -2.22. The topological polar surface area (TPSA) is 0 Å². The maximum Gasteiger partial charge on any atom is 0.127 e. The van der Waals surface area contributed by atoms with Crippen LogP contribution in [0.3, 0.4) is 0 Å². The van der Waals surface area contributed by atoms with Crippen LogP contribution in [0.2, 0.25) is 0 Å². The molecule has 0 fully saturated rings. The predicted molar refractivity (Wildman–Crippen MR) is 67.1 cm³/mol. The molecule has 0 aliphatic heterocycles. The largest absolute Gasteiger partial charge is 0.207 e. The van der Waals surface area contributed by atoms with Crippen molar-refractivity contribution in [2.45, 2.75) is 38.4 Å². The summed E-state index contributed by atoms with van der Waals surface area (Å²) in [6.45, 7) is 7.59. The van der Waals surface area contributed by atoms with Gasteiger partial charge < -0.3 is 0 Å². The second-order valence-electron chi connectivity index (χ2n) is 4.60. The van der Waals surface area contributed by atoms with E-state index in [1.165, 1.54) is 12.1 Å². The Morgan fingerprint density at radius 2 is 1.62 bits per heavy atom. The summed E-state index contributed by atoms with van der Waals surface area (Å²) in [4.78, 5) is 0.143. The standard InChI is InChI=1S/C13H17BrF2/c1-7(2)13(14)9(4)10-6-11(15)8(3)5-12(10)16/h5-7,9,13H,1-4H3. The zero-order chi connectivity index (χ0) is 12.5. The Kier molecular flexibility index (Phi) is 4.48. The van der Waals surface area contributed by atoms with Crippen molar-refractivity contribution in [2.75, 3.05) is 0 Å². The van der Waals surface area contributed by atoms with Crippen LogP contribution in [0.5, 0.6) is 0 Å². The molecule has 0 N–H and O–H groups in total. The van der Waals surface area contributed by atoms with E-state index < -0.39 is 0 Å². The van der Waals surface area contributed by atoms with Crippen LogP contribution in [0.15, 0.2) is 12.1 Å². The van der Waals surface area contributed by atoms with Gasteiger partial charge in [0.2, 0.25) is 0 Å². The van der Waals surface area contributed by atoms with Gasteiger partial charge in [0.1, 0.15) is 11.6 Å². The van der Waals surface area contributed by atoms with Crippen molar-refractivity contribution in [1.29, 1.82) is 0 Å². The molecule has 0 nitrogen and oxygen atoms in total. The molecule has 0 radical (unpaired) electrons. The number of alkyl halides is 1. The van der Waals surface area contributed by atoms with E-state index in [1.54, 1.807) is 6.92 Å². The zero-order valence-corrected chi connectivity index (χ0v) is 11.6. The molecule has 1 rings (SSSR count). The maximum absolute atomic E-state index is 13.7. The van der Waals surface area contributed by atoms with Crippen molar-refractivity contribution >= 4 is 15.9 Å². The summed E-state index contributed by atoms with van der Waals surface area (Å²) < 4.78 is 27.1. The highest BCUT2D eigenvalue weighted by atomic mass is 79.9. The van der Waals surface area contributed by atoms with Crippen LogP contribution < -0.4 is 0 Å². The first-order valence-corrected chi connectivity index (χ1v) is 6.35. The fourth-order valence-corrected chi connectivity index (χ4v) is 2.04. The first-order valence-electron chi connectivity index (χ1n) is 5.44. The maximum atomic E-state index is 13.7. The van der Waals surface area contributed by atoms with Crippen molar-refractivity contribution in [1.82, 2.24) is 0 Å². The first-order chi connectivity index (χ1) is 7.34. The predicted octanol–water partition coefficient (Wildman–Crippen LogP) is 4.80. The van der Waals surface area contributed by atoms with Crippen molar-refractivity contribution in [3.63, 3.8) is 0 Å². The molecule has 0 heterocycles. The van der Waals surface area contributed by atoms with E-state index in [0.717, 1.165) is 0 Å². The molecule has 1 aromatic rings. The minimum absolute atomic E-state index is 0.0462. The Hall–Kier alpha value is -0.440. The third-order valence-corrected chi connectivity index (χ3v) is 4.73. The van der Waals surface area contributed by atoms with Crippen LogP contribution in [0, 0.1) is 24.5 Å². The molecule has 2 atom stereocenters.